The largest absolute Gasteiger partial charge is 0.494 e. The molecule has 190 valence electrons. The summed E-state index contributed by atoms with van der Waals surface area (Å²) in [4.78, 5) is 34.6. The van der Waals surface area contributed by atoms with E-state index in [4.69, 9.17) is 16.3 Å². The van der Waals surface area contributed by atoms with Gasteiger partial charge < -0.3 is 24.8 Å². The Morgan fingerprint density at radius 3 is 2.59 bits per heavy atom. The molecule has 10 heteroatoms. The Bertz CT molecular complexity index is 1530. The van der Waals surface area contributed by atoms with Gasteiger partial charge in [0, 0.05) is 46.9 Å². The number of carbonyl (C=O) groups is 2. The summed E-state index contributed by atoms with van der Waals surface area (Å²) < 4.78 is 19.3. The lowest BCUT2D eigenvalue weighted by Crippen LogP contribution is -2.40. The summed E-state index contributed by atoms with van der Waals surface area (Å²) in [6.45, 7) is 0.798. The van der Waals surface area contributed by atoms with Crippen LogP contribution in [0.1, 0.15) is 33.6 Å². The lowest BCUT2D eigenvalue weighted by atomic mass is 9.93. The van der Waals surface area contributed by atoms with E-state index in [-0.39, 0.29) is 27.8 Å². The Morgan fingerprint density at radius 2 is 1.89 bits per heavy atom. The molecule has 0 saturated carbocycles. The van der Waals surface area contributed by atoms with E-state index >= 15 is 0 Å². The number of rotatable bonds is 5. The van der Waals surface area contributed by atoms with Gasteiger partial charge in [0.1, 0.15) is 5.82 Å². The van der Waals surface area contributed by atoms with Gasteiger partial charge in [0.15, 0.2) is 11.6 Å². The quantitative estimate of drug-likeness (QED) is 0.339. The van der Waals surface area contributed by atoms with Gasteiger partial charge in [-0.25, -0.2) is 14.2 Å². The van der Waals surface area contributed by atoms with Gasteiger partial charge in [0.25, 0.3) is 5.91 Å². The molecule has 0 bridgehead atoms. The minimum Gasteiger partial charge on any atom is -0.494 e. The molecule has 0 atom stereocenters. The minimum atomic E-state index is -1.22. The number of amides is 1. The maximum atomic E-state index is 14.2. The summed E-state index contributed by atoms with van der Waals surface area (Å²) in [5, 5.41) is 20.1. The molecule has 0 aliphatic carbocycles. The van der Waals surface area contributed by atoms with Gasteiger partial charge in [0.2, 0.25) is 0 Å². The monoisotopic (exact) mass is 523 g/mol. The molecule has 0 unspecified atom stereocenters. The number of ether oxygens (including phenoxy) is 1. The zero-order valence-corrected chi connectivity index (χ0v) is 20.6. The highest BCUT2D eigenvalue weighted by Gasteiger charge is 2.25. The number of carboxylic acid groups (broad SMARTS) is 1. The number of piperidine rings is 1. The number of aromatic nitrogens is 2. The van der Waals surface area contributed by atoms with Crippen LogP contribution < -0.4 is 4.74 Å². The lowest BCUT2D eigenvalue weighted by molar-refractivity contribution is 0.0546. The van der Waals surface area contributed by atoms with Crippen LogP contribution in [-0.4, -0.2) is 63.3 Å². The first-order chi connectivity index (χ1) is 17.8. The van der Waals surface area contributed by atoms with Crippen LogP contribution >= 0.6 is 11.6 Å². The Hall–Kier alpha value is -3.95. The fourth-order valence-electron chi connectivity index (χ4n) is 4.61. The lowest BCUT2D eigenvalue weighted by Gasteiger charge is -2.29. The number of halogens is 2. The average molecular weight is 524 g/mol. The smallest absolute Gasteiger partial charge is 0.336 e. The normalized spacial score (nSPS) is 14.2. The van der Waals surface area contributed by atoms with Crippen molar-refractivity contribution in [2.24, 2.45) is 0 Å². The van der Waals surface area contributed by atoms with Gasteiger partial charge in [-0.1, -0.05) is 29.8 Å². The second-order valence-electron chi connectivity index (χ2n) is 8.84. The van der Waals surface area contributed by atoms with Gasteiger partial charge in [-0.15, -0.1) is 0 Å². The predicted octanol–water partition coefficient (Wildman–Crippen LogP) is 4.99. The highest BCUT2D eigenvalue weighted by molar-refractivity contribution is 6.34. The fourth-order valence-corrected chi connectivity index (χ4v) is 4.89. The molecular weight excluding hydrogens is 501 g/mol. The van der Waals surface area contributed by atoms with E-state index in [1.807, 2.05) is 0 Å². The van der Waals surface area contributed by atoms with Crippen molar-refractivity contribution in [2.75, 3.05) is 20.2 Å². The van der Waals surface area contributed by atoms with Crippen molar-refractivity contribution in [1.82, 2.24) is 14.9 Å². The molecule has 5 rings (SSSR count). The van der Waals surface area contributed by atoms with E-state index in [1.54, 1.807) is 35.2 Å². The summed E-state index contributed by atoms with van der Waals surface area (Å²) in [6.07, 6.45) is 0.521. The second kappa shape index (κ2) is 9.84. The summed E-state index contributed by atoms with van der Waals surface area (Å²) in [5.41, 5.74) is 2.26. The summed E-state index contributed by atoms with van der Waals surface area (Å²) in [7, 11) is 1.37. The Labute approximate surface area is 216 Å². The molecule has 1 aromatic heterocycles. The third-order valence-electron chi connectivity index (χ3n) is 6.54. The van der Waals surface area contributed by atoms with Crippen molar-refractivity contribution >= 4 is 34.5 Å². The molecule has 2 heterocycles. The van der Waals surface area contributed by atoms with Crippen LogP contribution in [0.3, 0.4) is 0 Å². The van der Waals surface area contributed by atoms with Crippen LogP contribution in [0.25, 0.3) is 33.5 Å². The SMILES string of the molecule is COc1cc2[nH]c(-c3cccc(Cl)c3-c3ccc(C(=O)N4CCC(O)CC4)cc3C(=O)O)nc2cc1F. The molecule has 8 nitrogen and oxygen atoms in total. The van der Waals surface area contributed by atoms with Gasteiger partial charge in [-0.3, -0.25) is 4.79 Å². The van der Waals surface area contributed by atoms with Crippen LogP contribution in [0.5, 0.6) is 5.75 Å². The molecule has 3 N–H and O–H groups in total. The molecule has 37 heavy (non-hydrogen) atoms. The first-order valence-electron chi connectivity index (χ1n) is 11.6. The van der Waals surface area contributed by atoms with Crippen LogP contribution in [-0.2, 0) is 0 Å². The maximum Gasteiger partial charge on any atom is 0.336 e. The molecule has 1 fully saturated rings. The van der Waals surface area contributed by atoms with E-state index in [0.29, 0.717) is 59.5 Å². The number of benzene rings is 3. The molecule has 0 spiro atoms. The van der Waals surface area contributed by atoms with Gasteiger partial charge in [-0.2, -0.15) is 0 Å². The average Bonchev–Trinajstić information content (AvgIpc) is 3.30. The highest BCUT2D eigenvalue weighted by atomic mass is 35.5. The number of hydrogen-bond acceptors (Lipinski definition) is 5. The number of carboxylic acids is 1. The molecule has 0 radical (unpaired) electrons. The number of aliphatic hydroxyl groups excluding tert-OH is 1. The van der Waals surface area contributed by atoms with E-state index in [1.165, 1.54) is 25.3 Å². The van der Waals surface area contributed by atoms with E-state index < -0.39 is 17.9 Å². The maximum absolute atomic E-state index is 14.2. The van der Waals surface area contributed by atoms with E-state index in [0.717, 1.165) is 0 Å². The van der Waals surface area contributed by atoms with Crippen LogP contribution in [0.15, 0.2) is 48.5 Å². The highest BCUT2D eigenvalue weighted by Crippen LogP contribution is 2.39. The molecular formula is C27H23ClFN3O5. The molecule has 3 aromatic carbocycles. The summed E-state index contributed by atoms with van der Waals surface area (Å²) >= 11 is 6.59. The number of nitrogens with one attached hydrogen (secondary N) is 1. The minimum absolute atomic E-state index is 0.0608. The van der Waals surface area contributed by atoms with Crippen molar-refractivity contribution in [1.29, 1.82) is 0 Å². The van der Waals surface area contributed by atoms with Crippen molar-refractivity contribution < 1.29 is 28.9 Å². The summed E-state index contributed by atoms with van der Waals surface area (Å²) in [6, 6.07) is 12.3. The number of nitrogens with zero attached hydrogens (tertiary/aromatic N) is 2. The third kappa shape index (κ3) is 4.63. The number of hydrogen-bond donors (Lipinski definition) is 3. The van der Waals surface area contributed by atoms with Crippen LogP contribution in [0, 0.1) is 5.82 Å². The zero-order valence-electron chi connectivity index (χ0n) is 19.8. The number of imidazole rings is 1. The molecule has 1 aliphatic heterocycles. The van der Waals surface area contributed by atoms with Crippen molar-refractivity contribution in [3.8, 4) is 28.3 Å². The molecule has 1 saturated heterocycles. The number of H-pyrrole nitrogens is 1. The molecule has 1 amide bonds. The van der Waals surface area contributed by atoms with Crippen molar-refractivity contribution in [2.45, 2.75) is 18.9 Å². The molecule has 1 aliphatic rings. The Balaban J connectivity index is 1.60. The van der Waals surface area contributed by atoms with Crippen molar-refractivity contribution in [3.05, 3.63) is 70.5 Å². The Kier molecular flexibility index (Phi) is 6.57. The van der Waals surface area contributed by atoms with Crippen molar-refractivity contribution in [3.63, 3.8) is 0 Å². The van der Waals surface area contributed by atoms with Gasteiger partial charge in [0.05, 0.1) is 29.8 Å². The number of aliphatic hydroxyl groups is 1. The first-order valence-corrected chi connectivity index (χ1v) is 12.0. The number of fused-ring (bicyclic) bond motifs is 1. The zero-order chi connectivity index (χ0) is 26.3. The number of likely N-dealkylation sites (tertiary alicyclic amines) is 1. The van der Waals surface area contributed by atoms with E-state index in [9.17, 15) is 24.2 Å². The number of methoxy groups -OCH3 is 1. The number of aromatic carboxylic acids is 1. The standard InChI is InChI=1S/C27H23ClFN3O5/c1-37-23-13-22-21(12-20(23)29)30-25(31-22)17-3-2-4-19(28)24(17)16-6-5-14(11-18(16)27(35)36)26(34)32-9-7-15(33)8-10-32/h2-6,11-13,15,33H,7-10H2,1H3,(H,30,31)(H,35,36). The fraction of sp³-hybridized carbons (Fsp3) is 0.222. The number of aromatic amines is 1. The van der Waals surface area contributed by atoms with E-state index in [2.05, 4.69) is 9.97 Å². The topological polar surface area (TPSA) is 116 Å². The molecule has 4 aromatic rings. The van der Waals surface area contributed by atoms with Crippen LogP contribution in [0.2, 0.25) is 5.02 Å². The van der Waals surface area contributed by atoms with Crippen LogP contribution in [0.4, 0.5) is 4.39 Å². The third-order valence-corrected chi connectivity index (χ3v) is 6.86. The Morgan fingerprint density at radius 1 is 1.14 bits per heavy atom. The van der Waals surface area contributed by atoms with Gasteiger partial charge in [-0.05, 0) is 36.6 Å². The first kappa shape index (κ1) is 24.7. The second-order valence-corrected chi connectivity index (χ2v) is 9.25. The van der Waals surface area contributed by atoms with Gasteiger partial charge >= 0.3 is 5.97 Å². The predicted molar refractivity (Wildman–Crippen MR) is 137 cm³/mol. The summed E-state index contributed by atoms with van der Waals surface area (Å²) in [5.74, 6) is -1.65. The number of carbonyl (C=O) groups excluding carboxylic acids is 1.